The number of hydrogen-bond acceptors (Lipinski definition) is 6. The van der Waals surface area contributed by atoms with E-state index in [1.807, 2.05) is 18.2 Å². The van der Waals surface area contributed by atoms with E-state index in [-0.39, 0.29) is 11.6 Å². The highest BCUT2D eigenvalue weighted by Gasteiger charge is 2.22. The molecule has 156 valence electrons. The summed E-state index contributed by atoms with van der Waals surface area (Å²) in [7, 11) is 0. The van der Waals surface area contributed by atoms with E-state index in [0.29, 0.717) is 21.6 Å². The monoisotopic (exact) mass is 433 g/mol. The number of aromatic nitrogens is 2. The number of non-ortho nitro benzene ring substituents is 1. The Bertz CT molecular complexity index is 1280. The van der Waals surface area contributed by atoms with Crippen LogP contribution in [-0.2, 0) is 19.5 Å². The summed E-state index contributed by atoms with van der Waals surface area (Å²) in [4.78, 5) is 34.6. The third-order valence-corrected chi connectivity index (χ3v) is 6.40. The first-order valence-corrected chi connectivity index (χ1v) is 10.7. The second kappa shape index (κ2) is 7.93. The predicted octanol–water partition coefficient (Wildman–Crippen LogP) is 4.34. The molecule has 1 amide bonds. The zero-order valence-electron chi connectivity index (χ0n) is 16.5. The lowest BCUT2D eigenvalue weighted by atomic mass is 10.1. The number of amides is 1. The van der Waals surface area contributed by atoms with Crippen LogP contribution < -0.4 is 5.32 Å². The zero-order valence-corrected chi connectivity index (χ0v) is 17.3. The molecule has 0 unspecified atom stereocenters. The van der Waals surface area contributed by atoms with Crippen molar-refractivity contribution >= 4 is 39.0 Å². The molecule has 2 aromatic carbocycles. The van der Waals surface area contributed by atoms with E-state index in [0.717, 1.165) is 36.6 Å². The lowest BCUT2D eigenvalue weighted by molar-refractivity contribution is -0.384. The number of aromatic amines is 1. The van der Waals surface area contributed by atoms with Gasteiger partial charge in [0.05, 0.1) is 16.2 Å². The standard InChI is InChI=1S/C22H19N5O3S/c28-21(17-11-23-18-7-6-15(27(29)30)10-16(17)18)25-22-24-19-8-9-26(13-20(19)31-22)12-14-4-2-1-3-5-14/h1-7,10-11,23H,8-9,12-13H2,(H,24,25,28). The molecule has 1 aliphatic rings. The molecule has 5 rings (SSSR count). The SMILES string of the molecule is O=C(Nc1nc2c(s1)CN(Cc1ccccc1)CC2)c1c[nH]c2ccc([N+](=O)[O-])cc12. The van der Waals surface area contributed by atoms with E-state index in [2.05, 4.69) is 32.3 Å². The average Bonchev–Trinajstić information content (AvgIpc) is 3.37. The average molecular weight is 433 g/mol. The van der Waals surface area contributed by atoms with Crippen LogP contribution in [0.4, 0.5) is 10.8 Å². The van der Waals surface area contributed by atoms with E-state index >= 15 is 0 Å². The molecule has 0 radical (unpaired) electrons. The molecular formula is C22H19N5O3S. The van der Waals surface area contributed by atoms with E-state index < -0.39 is 4.92 Å². The number of carbonyl (C=O) groups is 1. The third kappa shape index (κ3) is 3.92. The van der Waals surface area contributed by atoms with Crippen LogP contribution in [0.5, 0.6) is 0 Å². The summed E-state index contributed by atoms with van der Waals surface area (Å²) in [6.07, 6.45) is 2.41. The largest absolute Gasteiger partial charge is 0.360 e. The van der Waals surface area contributed by atoms with Gasteiger partial charge < -0.3 is 4.98 Å². The van der Waals surface area contributed by atoms with E-state index in [9.17, 15) is 14.9 Å². The normalized spacial score (nSPS) is 13.8. The highest BCUT2D eigenvalue weighted by molar-refractivity contribution is 7.15. The molecule has 3 heterocycles. The van der Waals surface area contributed by atoms with Gasteiger partial charge in [0.2, 0.25) is 0 Å². The molecule has 0 aliphatic carbocycles. The Morgan fingerprint density at radius 1 is 1.26 bits per heavy atom. The summed E-state index contributed by atoms with van der Waals surface area (Å²) < 4.78 is 0. The van der Waals surface area contributed by atoms with Crippen molar-refractivity contribution < 1.29 is 9.72 Å². The molecule has 0 fully saturated rings. The Hall–Kier alpha value is -3.56. The Kier molecular flexibility index (Phi) is 4.97. The fourth-order valence-electron chi connectivity index (χ4n) is 3.85. The van der Waals surface area contributed by atoms with Crippen LogP contribution in [0.3, 0.4) is 0 Å². The van der Waals surface area contributed by atoms with Gasteiger partial charge in [0.15, 0.2) is 5.13 Å². The van der Waals surface area contributed by atoms with Crippen molar-refractivity contribution in [2.45, 2.75) is 19.5 Å². The molecule has 31 heavy (non-hydrogen) atoms. The summed E-state index contributed by atoms with van der Waals surface area (Å²) in [6.45, 7) is 2.61. The Balaban J connectivity index is 1.32. The molecule has 1 aliphatic heterocycles. The molecule has 0 atom stereocenters. The smallest absolute Gasteiger partial charge is 0.270 e. The van der Waals surface area contributed by atoms with Gasteiger partial charge in [-0.1, -0.05) is 30.3 Å². The minimum Gasteiger partial charge on any atom is -0.360 e. The number of nitrogens with zero attached hydrogens (tertiary/aromatic N) is 3. The molecule has 9 heteroatoms. The quantitative estimate of drug-likeness (QED) is 0.360. The fraction of sp³-hybridized carbons (Fsp3) is 0.182. The molecule has 4 aromatic rings. The van der Waals surface area contributed by atoms with Crippen molar-refractivity contribution in [2.24, 2.45) is 0 Å². The van der Waals surface area contributed by atoms with Gasteiger partial charge in [-0.2, -0.15) is 0 Å². The van der Waals surface area contributed by atoms with Gasteiger partial charge in [-0.05, 0) is 11.6 Å². The minimum atomic E-state index is -0.468. The number of fused-ring (bicyclic) bond motifs is 2. The lowest BCUT2D eigenvalue weighted by Crippen LogP contribution is -2.29. The minimum absolute atomic E-state index is 0.0515. The Morgan fingerprint density at radius 3 is 2.90 bits per heavy atom. The highest BCUT2D eigenvalue weighted by Crippen LogP contribution is 2.30. The first kappa shape index (κ1) is 19.4. The van der Waals surface area contributed by atoms with Crippen LogP contribution in [-0.4, -0.2) is 32.2 Å². The predicted molar refractivity (Wildman–Crippen MR) is 119 cm³/mol. The van der Waals surface area contributed by atoms with Crippen LogP contribution in [0.2, 0.25) is 0 Å². The third-order valence-electron chi connectivity index (χ3n) is 5.40. The van der Waals surface area contributed by atoms with Crippen LogP contribution >= 0.6 is 11.3 Å². The van der Waals surface area contributed by atoms with Crippen molar-refractivity contribution in [2.75, 3.05) is 11.9 Å². The summed E-state index contributed by atoms with van der Waals surface area (Å²) in [5.41, 5.74) is 3.28. The van der Waals surface area contributed by atoms with Gasteiger partial charge in [0.1, 0.15) is 0 Å². The Morgan fingerprint density at radius 2 is 2.10 bits per heavy atom. The van der Waals surface area contributed by atoms with Gasteiger partial charge >= 0.3 is 0 Å². The van der Waals surface area contributed by atoms with Crippen molar-refractivity contribution in [3.05, 3.63) is 86.5 Å². The van der Waals surface area contributed by atoms with Crippen LogP contribution in [0.1, 0.15) is 26.5 Å². The van der Waals surface area contributed by atoms with Gasteiger partial charge in [-0.3, -0.25) is 25.1 Å². The number of thiazole rings is 1. The van der Waals surface area contributed by atoms with Gasteiger partial charge in [0.25, 0.3) is 11.6 Å². The lowest BCUT2D eigenvalue weighted by Gasteiger charge is -2.25. The molecular weight excluding hydrogens is 414 g/mol. The maximum atomic E-state index is 12.8. The number of anilines is 1. The van der Waals surface area contributed by atoms with Crippen LogP contribution in [0.25, 0.3) is 10.9 Å². The molecule has 0 saturated carbocycles. The number of nitro groups is 1. The summed E-state index contributed by atoms with van der Waals surface area (Å²) in [5, 5.41) is 15.0. The first-order valence-electron chi connectivity index (χ1n) is 9.88. The van der Waals surface area contributed by atoms with Crippen LogP contribution in [0.15, 0.2) is 54.7 Å². The number of rotatable bonds is 5. The first-order chi connectivity index (χ1) is 15.1. The number of carbonyl (C=O) groups excluding carboxylic acids is 1. The molecule has 0 spiro atoms. The molecule has 0 bridgehead atoms. The van der Waals surface area contributed by atoms with Gasteiger partial charge in [0, 0.05) is 60.2 Å². The Labute approximate surface area is 181 Å². The van der Waals surface area contributed by atoms with Crippen LogP contribution in [0, 0.1) is 10.1 Å². The number of benzene rings is 2. The van der Waals surface area contributed by atoms with Crippen molar-refractivity contribution in [3.8, 4) is 0 Å². The zero-order chi connectivity index (χ0) is 21.4. The number of H-pyrrole nitrogens is 1. The van der Waals surface area contributed by atoms with E-state index in [4.69, 9.17) is 0 Å². The van der Waals surface area contributed by atoms with Crippen molar-refractivity contribution in [1.82, 2.24) is 14.9 Å². The summed E-state index contributed by atoms with van der Waals surface area (Å²) in [6, 6.07) is 14.8. The number of nitro benzene ring substituents is 1. The molecule has 2 N–H and O–H groups in total. The van der Waals surface area contributed by atoms with Gasteiger partial charge in [-0.25, -0.2) is 4.98 Å². The molecule has 2 aromatic heterocycles. The second-order valence-corrected chi connectivity index (χ2v) is 8.56. The summed E-state index contributed by atoms with van der Waals surface area (Å²) >= 11 is 1.49. The highest BCUT2D eigenvalue weighted by atomic mass is 32.1. The second-order valence-electron chi connectivity index (χ2n) is 7.48. The molecule has 8 nitrogen and oxygen atoms in total. The number of nitrogens with one attached hydrogen (secondary N) is 2. The van der Waals surface area contributed by atoms with E-state index in [1.54, 1.807) is 12.3 Å². The van der Waals surface area contributed by atoms with Crippen molar-refractivity contribution in [1.29, 1.82) is 0 Å². The maximum Gasteiger partial charge on any atom is 0.270 e. The molecule has 0 saturated heterocycles. The van der Waals surface area contributed by atoms with E-state index in [1.165, 1.54) is 29.0 Å². The van der Waals surface area contributed by atoms with Crippen molar-refractivity contribution in [3.63, 3.8) is 0 Å². The topological polar surface area (TPSA) is 104 Å². The van der Waals surface area contributed by atoms with Gasteiger partial charge in [-0.15, -0.1) is 11.3 Å². The summed E-state index contributed by atoms with van der Waals surface area (Å²) in [5.74, 6) is -0.334. The fourth-order valence-corrected chi connectivity index (χ4v) is 4.90. The number of hydrogen-bond donors (Lipinski definition) is 2. The maximum absolute atomic E-state index is 12.8.